The minimum absolute atomic E-state index is 0.0202. The van der Waals surface area contributed by atoms with E-state index in [1.807, 2.05) is 48.5 Å². The Morgan fingerprint density at radius 1 is 1.06 bits per heavy atom. The van der Waals surface area contributed by atoms with E-state index in [2.05, 4.69) is 16.3 Å². The Morgan fingerprint density at radius 2 is 1.92 bits per heavy atom. The number of nitrogens with zero attached hydrogens (tertiary/aromatic N) is 1. The first-order chi connectivity index (χ1) is 17.5. The van der Waals surface area contributed by atoms with Crippen LogP contribution in [0.5, 0.6) is 17.2 Å². The van der Waals surface area contributed by atoms with Crippen molar-refractivity contribution in [3.05, 3.63) is 88.7 Å². The lowest BCUT2D eigenvalue weighted by molar-refractivity contribution is -0.127. The molecule has 1 fully saturated rings. The maximum absolute atomic E-state index is 13.9. The number of aryl methyl sites for hydroxylation is 1. The molecular weight excluding hydrogens is 459 g/mol. The molecule has 0 radical (unpaired) electrons. The second-order valence-electron chi connectivity index (χ2n) is 9.59. The van der Waals surface area contributed by atoms with Gasteiger partial charge in [0, 0.05) is 26.2 Å². The predicted octanol–water partition coefficient (Wildman–Crippen LogP) is 4.79. The molecule has 3 aromatic rings. The van der Waals surface area contributed by atoms with Crippen molar-refractivity contribution in [1.82, 2.24) is 10.2 Å². The Kier molecular flexibility index (Phi) is 7.09. The van der Waals surface area contributed by atoms with Crippen molar-refractivity contribution >= 4 is 5.91 Å². The summed E-state index contributed by atoms with van der Waals surface area (Å²) < 4.78 is 30.2. The molecule has 0 aromatic heterocycles. The quantitative estimate of drug-likeness (QED) is 0.516. The van der Waals surface area contributed by atoms with E-state index in [1.54, 1.807) is 14.0 Å². The molecule has 0 bridgehead atoms. The van der Waals surface area contributed by atoms with Gasteiger partial charge in [0.25, 0.3) is 0 Å². The summed E-state index contributed by atoms with van der Waals surface area (Å²) in [5.74, 6) is 2.00. The smallest absolute Gasteiger partial charge is 0.231 e. The first kappa shape index (κ1) is 24.1. The zero-order chi connectivity index (χ0) is 25.1. The number of likely N-dealkylation sites (tertiary alicyclic amines) is 1. The molecule has 2 atom stereocenters. The molecule has 3 aromatic carbocycles. The summed E-state index contributed by atoms with van der Waals surface area (Å²) in [7, 11) is 1.66. The number of fused-ring (bicyclic) bond motifs is 1. The molecule has 188 valence electrons. The molecule has 0 aliphatic carbocycles. The Morgan fingerprint density at radius 3 is 2.75 bits per heavy atom. The molecule has 36 heavy (non-hydrogen) atoms. The van der Waals surface area contributed by atoms with Gasteiger partial charge < -0.3 is 19.5 Å². The van der Waals surface area contributed by atoms with Gasteiger partial charge in [-0.05, 0) is 71.8 Å². The number of benzene rings is 3. The van der Waals surface area contributed by atoms with Crippen LogP contribution in [0.1, 0.15) is 34.6 Å². The summed E-state index contributed by atoms with van der Waals surface area (Å²) >= 11 is 0. The van der Waals surface area contributed by atoms with Crippen molar-refractivity contribution in [2.45, 2.75) is 32.4 Å². The van der Waals surface area contributed by atoms with Crippen LogP contribution in [0.2, 0.25) is 0 Å². The highest BCUT2D eigenvalue weighted by Gasteiger charge is 2.32. The first-order valence-electron chi connectivity index (χ1n) is 12.3. The van der Waals surface area contributed by atoms with E-state index in [4.69, 9.17) is 14.2 Å². The normalized spacial score (nSPS) is 19.2. The van der Waals surface area contributed by atoms with Gasteiger partial charge in [0.2, 0.25) is 12.7 Å². The number of carbonyl (C=O) groups is 1. The van der Waals surface area contributed by atoms with E-state index >= 15 is 0 Å². The van der Waals surface area contributed by atoms with E-state index in [9.17, 15) is 9.18 Å². The van der Waals surface area contributed by atoms with Crippen LogP contribution in [0.4, 0.5) is 4.39 Å². The highest BCUT2D eigenvalue weighted by atomic mass is 19.1. The van der Waals surface area contributed by atoms with Crippen LogP contribution in [-0.2, 0) is 17.9 Å². The standard InChI is InChI=1S/C29H31FN2O4/c1-19-10-22(7-8-26(19)30)23-13-24(17-32(16-23)15-21-4-3-5-25(11-21)34-2)29(33)31-14-20-6-9-27-28(12-20)36-18-35-27/h3-12,23-24H,13-18H2,1-2H3,(H,31,33). The van der Waals surface area contributed by atoms with Crippen molar-refractivity contribution < 1.29 is 23.4 Å². The van der Waals surface area contributed by atoms with Gasteiger partial charge in [-0.3, -0.25) is 9.69 Å². The van der Waals surface area contributed by atoms with Gasteiger partial charge in [0.05, 0.1) is 13.0 Å². The van der Waals surface area contributed by atoms with Crippen molar-refractivity contribution in [2.24, 2.45) is 5.92 Å². The molecule has 1 N–H and O–H groups in total. The Balaban J connectivity index is 1.31. The fraction of sp³-hybridized carbons (Fsp3) is 0.345. The Bertz CT molecular complexity index is 1250. The number of rotatable bonds is 7. The van der Waals surface area contributed by atoms with Crippen LogP contribution in [0.25, 0.3) is 0 Å². The SMILES string of the molecule is COc1cccc(CN2CC(C(=O)NCc3ccc4c(c3)OCO4)CC(c3ccc(F)c(C)c3)C2)c1. The van der Waals surface area contributed by atoms with E-state index in [0.29, 0.717) is 37.4 Å². The molecule has 2 aliphatic rings. The van der Waals surface area contributed by atoms with E-state index in [0.717, 1.165) is 34.7 Å². The highest BCUT2D eigenvalue weighted by Crippen LogP contribution is 2.34. The fourth-order valence-corrected chi connectivity index (χ4v) is 5.09. The molecule has 2 aliphatic heterocycles. The summed E-state index contributed by atoms with van der Waals surface area (Å²) in [5, 5.41) is 3.11. The molecule has 0 spiro atoms. The predicted molar refractivity (Wildman–Crippen MR) is 135 cm³/mol. The van der Waals surface area contributed by atoms with Gasteiger partial charge in [0.15, 0.2) is 11.5 Å². The van der Waals surface area contributed by atoms with Crippen LogP contribution in [0.3, 0.4) is 0 Å². The van der Waals surface area contributed by atoms with Crippen molar-refractivity contribution in [3.8, 4) is 17.2 Å². The number of carbonyl (C=O) groups excluding carboxylic acids is 1. The largest absolute Gasteiger partial charge is 0.497 e. The first-order valence-corrected chi connectivity index (χ1v) is 12.3. The maximum Gasteiger partial charge on any atom is 0.231 e. The van der Waals surface area contributed by atoms with Gasteiger partial charge >= 0.3 is 0 Å². The Labute approximate surface area is 211 Å². The lowest BCUT2D eigenvalue weighted by Gasteiger charge is -2.37. The topological polar surface area (TPSA) is 60.0 Å². The molecule has 1 amide bonds. The maximum atomic E-state index is 13.9. The van der Waals surface area contributed by atoms with Crippen molar-refractivity contribution in [2.75, 3.05) is 27.0 Å². The minimum Gasteiger partial charge on any atom is -0.497 e. The van der Waals surface area contributed by atoms with Crippen LogP contribution in [-0.4, -0.2) is 37.8 Å². The summed E-state index contributed by atoms with van der Waals surface area (Å²) in [4.78, 5) is 15.6. The number of hydrogen-bond donors (Lipinski definition) is 1. The molecule has 2 unspecified atom stereocenters. The summed E-state index contributed by atoms with van der Waals surface area (Å²) in [6, 6.07) is 19.0. The Hall–Kier alpha value is -3.58. The zero-order valence-electron chi connectivity index (χ0n) is 20.6. The summed E-state index contributed by atoms with van der Waals surface area (Å²) in [6.07, 6.45) is 0.715. The molecule has 1 saturated heterocycles. The number of nitrogens with one attached hydrogen (secondary N) is 1. The molecule has 7 heteroatoms. The third-order valence-corrected chi connectivity index (χ3v) is 6.99. The number of hydrogen-bond acceptors (Lipinski definition) is 5. The van der Waals surface area contributed by atoms with Crippen LogP contribution < -0.4 is 19.5 Å². The van der Waals surface area contributed by atoms with Crippen LogP contribution in [0, 0.1) is 18.7 Å². The van der Waals surface area contributed by atoms with Crippen molar-refractivity contribution in [3.63, 3.8) is 0 Å². The second kappa shape index (κ2) is 10.6. The van der Waals surface area contributed by atoms with Gasteiger partial charge in [-0.1, -0.05) is 30.3 Å². The fourth-order valence-electron chi connectivity index (χ4n) is 5.09. The van der Waals surface area contributed by atoms with E-state index in [1.165, 1.54) is 6.07 Å². The molecule has 0 saturated carbocycles. The third-order valence-electron chi connectivity index (χ3n) is 6.99. The number of piperidine rings is 1. The lowest BCUT2D eigenvalue weighted by Crippen LogP contribution is -2.45. The summed E-state index contributed by atoms with van der Waals surface area (Å²) in [5.41, 5.74) is 3.78. The zero-order valence-corrected chi connectivity index (χ0v) is 20.6. The van der Waals surface area contributed by atoms with E-state index in [-0.39, 0.29) is 30.4 Å². The number of amides is 1. The molecule has 6 nitrogen and oxygen atoms in total. The van der Waals surface area contributed by atoms with Crippen LogP contribution in [0.15, 0.2) is 60.7 Å². The average Bonchev–Trinajstić information content (AvgIpc) is 3.37. The third kappa shape index (κ3) is 5.46. The van der Waals surface area contributed by atoms with E-state index < -0.39 is 0 Å². The molecular formula is C29H31FN2O4. The van der Waals surface area contributed by atoms with Gasteiger partial charge in [0.1, 0.15) is 11.6 Å². The molecule has 5 rings (SSSR count). The molecule has 2 heterocycles. The monoisotopic (exact) mass is 490 g/mol. The lowest BCUT2D eigenvalue weighted by atomic mass is 9.83. The van der Waals surface area contributed by atoms with Gasteiger partial charge in [-0.25, -0.2) is 4.39 Å². The van der Waals surface area contributed by atoms with Gasteiger partial charge in [-0.15, -0.1) is 0 Å². The van der Waals surface area contributed by atoms with Gasteiger partial charge in [-0.2, -0.15) is 0 Å². The number of methoxy groups -OCH3 is 1. The average molecular weight is 491 g/mol. The number of halogens is 1. The van der Waals surface area contributed by atoms with Crippen molar-refractivity contribution in [1.29, 1.82) is 0 Å². The number of ether oxygens (including phenoxy) is 3. The minimum atomic E-state index is -0.208. The second-order valence-corrected chi connectivity index (χ2v) is 9.59. The summed E-state index contributed by atoms with van der Waals surface area (Å²) in [6.45, 7) is 4.59. The van der Waals surface area contributed by atoms with Crippen LogP contribution >= 0.6 is 0 Å². The highest BCUT2D eigenvalue weighted by molar-refractivity contribution is 5.79.